The van der Waals surface area contributed by atoms with Crippen molar-refractivity contribution in [3.8, 4) is 5.75 Å². The molecular weight excluding hydrogens is 200 g/mol. The largest absolute Gasteiger partial charge is 0.487 e. The highest BCUT2D eigenvalue weighted by Gasteiger charge is 2.34. The van der Waals surface area contributed by atoms with Gasteiger partial charge in [0.2, 0.25) is 0 Å². The first-order chi connectivity index (χ1) is 7.37. The van der Waals surface area contributed by atoms with Crippen LogP contribution in [0.25, 0.3) is 0 Å². The van der Waals surface area contributed by atoms with E-state index in [4.69, 9.17) is 16.2 Å². The molecule has 3 heteroatoms. The number of ether oxygens (including phenoxy) is 1. The molecule has 0 saturated heterocycles. The first kappa shape index (κ1) is 11.3. The van der Waals surface area contributed by atoms with E-state index in [1.165, 1.54) is 5.56 Å². The van der Waals surface area contributed by atoms with Crippen molar-refractivity contribution < 1.29 is 4.74 Å². The minimum Gasteiger partial charge on any atom is -0.487 e. The van der Waals surface area contributed by atoms with Crippen molar-refractivity contribution in [1.29, 1.82) is 0 Å². The number of hydrogen-bond acceptors (Lipinski definition) is 3. The van der Waals surface area contributed by atoms with Gasteiger partial charge in [0.05, 0.1) is 0 Å². The number of anilines is 1. The van der Waals surface area contributed by atoms with Crippen LogP contribution in [0.2, 0.25) is 0 Å². The maximum absolute atomic E-state index is 6.12. The molecule has 0 bridgehead atoms. The lowest BCUT2D eigenvalue weighted by molar-refractivity contribution is 0.137. The maximum Gasteiger partial charge on any atom is 0.127 e. The SMILES string of the molecule is Cc1c(C)c2c(c(CN)c1N)CC(C)(C)O2. The van der Waals surface area contributed by atoms with Crippen LogP contribution in [0.4, 0.5) is 5.69 Å². The second-order valence-corrected chi connectivity index (χ2v) is 5.19. The van der Waals surface area contributed by atoms with Crippen LogP contribution in [0, 0.1) is 13.8 Å². The van der Waals surface area contributed by atoms with Gasteiger partial charge in [-0.05, 0) is 44.4 Å². The first-order valence-corrected chi connectivity index (χ1v) is 5.67. The first-order valence-electron chi connectivity index (χ1n) is 5.67. The Labute approximate surface area is 96.8 Å². The molecule has 1 aliphatic heterocycles. The molecule has 0 aliphatic carbocycles. The van der Waals surface area contributed by atoms with Crippen molar-refractivity contribution in [2.45, 2.75) is 46.3 Å². The van der Waals surface area contributed by atoms with E-state index in [0.29, 0.717) is 6.54 Å². The van der Waals surface area contributed by atoms with Gasteiger partial charge in [-0.15, -0.1) is 0 Å². The molecule has 0 spiro atoms. The lowest BCUT2D eigenvalue weighted by Gasteiger charge is -2.18. The van der Waals surface area contributed by atoms with E-state index in [1.807, 2.05) is 6.92 Å². The van der Waals surface area contributed by atoms with Crippen molar-refractivity contribution in [1.82, 2.24) is 0 Å². The molecule has 3 nitrogen and oxygen atoms in total. The molecule has 4 N–H and O–H groups in total. The van der Waals surface area contributed by atoms with Gasteiger partial charge in [0.25, 0.3) is 0 Å². The van der Waals surface area contributed by atoms with Crippen LogP contribution in [0.5, 0.6) is 5.75 Å². The molecular formula is C13H20N2O. The Morgan fingerprint density at radius 1 is 1.25 bits per heavy atom. The molecule has 1 aliphatic rings. The van der Waals surface area contributed by atoms with Gasteiger partial charge in [-0.1, -0.05) is 0 Å². The fraction of sp³-hybridized carbons (Fsp3) is 0.538. The number of benzene rings is 1. The van der Waals surface area contributed by atoms with Crippen LogP contribution in [0.1, 0.15) is 36.1 Å². The summed E-state index contributed by atoms with van der Waals surface area (Å²) in [7, 11) is 0. The van der Waals surface area contributed by atoms with E-state index < -0.39 is 0 Å². The van der Waals surface area contributed by atoms with E-state index in [0.717, 1.165) is 34.5 Å². The van der Waals surface area contributed by atoms with Gasteiger partial charge in [-0.25, -0.2) is 0 Å². The summed E-state index contributed by atoms with van der Waals surface area (Å²) in [6.07, 6.45) is 0.889. The van der Waals surface area contributed by atoms with Crippen molar-refractivity contribution in [3.63, 3.8) is 0 Å². The summed E-state index contributed by atoms with van der Waals surface area (Å²) in [6.45, 7) is 8.76. The summed E-state index contributed by atoms with van der Waals surface area (Å²) in [5.74, 6) is 0.997. The third-order valence-corrected chi connectivity index (χ3v) is 3.46. The Hall–Kier alpha value is -1.22. The summed E-state index contributed by atoms with van der Waals surface area (Å²) in [5.41, 5.74) is 17.1. The molecule has 1 heterocycles. The van der Waals surface area contributed by atoms with Gasteiger partial charge < -0.3 is 16.2 Å². The number of rotatable bonds is 1. The molecule has 0 unspecified atom stereocenters. The van der Waals surface area contributed by atoms with Gasteiger partial charge in [0.1, 0.15) is 11.4 Å². The molecule has 0 aromatic heterocycles. The Morgan fingerprint density at radius 3 is 2.44 bits per heavy atom. The third kappa shape index (κ3) is 1.47. The molecule has 0 amide bonds. The summed E-state index contributed by atoms with van der Waals surface area (Å²) in [5, 5.41) is 0. The minimum absolute atomic E-state index is 0.142. The topological polar surface area (TPSA) is 61.3 Å². The van der Waals surface area contributed by atoms with Gasteiger partial charge in [-0.3, -0.25) is 0 Å². The van der Waals surface area contributed by atoms with Crippen LogP contribution in [0.15, 0.2) is 0 Å². The minimum atomic E-state index is -0.142. The highest BCUT2D eigenvalue weighted by Crippen LogP contribution is 2.43. The zero-order chi connectivity index (χ0) is 12.1. The summed E-state index contributed by atoms with van der Waals surface area (Å²) < 4.78 is 5.99. The summed E-state index contributed by atoms with van der Waals surface area (Å²) in [6, 6.07) is 0. The fourth-order valence-electron chi connectivity index (χ4n) is 2.42. The third-order valence-electron chi connectivity index (χ3n) is 3.46. The van der Waals surface area contributed by atoms with E-state index in [-0.39, 0.29) is 5.60 Å². The molecule has 0 saturated carbocycles. The predicted octanol–water partition coefficient (Wildman–Crippen LogP) is 2.06. The molecule has 0 atom stereocenters. The van der Waals surface area contributed by atoms with Crippen LogP contribution in [0.3, 0.4) is 0 Å². The lowest BCUT2D eigenvalue weighted by atomic mass is 9.92. The van der Waals surface area contributed by atoms with E-state index >= 15 is 0 Å². The van der Waals surface area contributed by atoms with Crippen molar-refractivity contribution in [2.24, 2.45) is 5.73 Å². The van der Waals surface area contributed by atoms with Gasteiger partial charge >= 0.3 is 0 Å². The summed E-state index contributed by atoms with van der Waals surface area (Å²) in [4.78, 5) is 0. The Kier molecular flexibility index (Phi) is 2.39. The second kappa shape index (κ2) is 3.39. The molecule has 16 heavy (non-hydrogen) atoms. The van der Waals surface area contributed by atoms with E-state index in [9.17, 15) is 0 Å². The van der Waals surface area contributed by atoms with Crippen molar-refractivity contribution in [3.05, 3.63) is 22.3 Å². The molecule has 0 fully saturated rings. The highest BCUT2D eigenvalue weighted by molar-refractivity contribution is 5.66. The van der Waals surface area contributed by atoms with Gasteiger partial charge in [0, 0.05) is 24.2 Å². The Bertz CT molecular complexity index is 450. The van der Waals surface area contributed by atoms with E-state index in [2.05, 4.69) is 20.8 Å². The Morgan fingerprint density at radius 2 is 1.88 bits per heavy atom. The molecule has 0 radical (unpaired) electrons. The van der Waals surface area contributed by atoms with Crippen LogP contribution in [-0.4, -0.2) is 5.60 Å². The zero-order valence-electron chi connectivity index (χ0n) is 10.5. The van der Waals surface area contributed by atoms with Crippen LogP contribution < -0.4 is 16.2 Å². The average molecular weight is 220 g/mol. The van der Waals surface area contributed by atoms with Crippen LogP contribution in [-0.2, 0) is 13.0 Å². The monoisotopic (exact) mass is 220 g/mol. The number of hydrogen-bond donors (Lipinski definition) is 2. The number of fused-ring (bicyclic) bond motifs is 1. The van der Waals surface area contributed by atoms with Gasteiger partial charge in [0.15, 0.2) is 0 Å². The fourth-order valence-corrected chi connectivity index (χ4v) is 2.42. The number of nitrogens with two attached hydrogens (primary N) is 2. The Balaban J connectivity index is 2.70. The normalized spacial score (nSPS) is 17.1. The standard InChI is InChI=1S/C13H20N2O/c1-7-8(2)12-9(5-13(3,4)16-12)10(6-14)11(7)15/h5-6,14-15H2,1-4H3. The van der Waals surface area contributed by atoms with Gasteiger partial charge in [-0.2, -0.15) is 0 Å². The quantitative estimate of drug-likeness (QED) is 0.712. The average Bonchev–Trinajstić information content (AvgIpc) is 2.52. The lowest BCUT2D eigenvalue weighted by Crippen LogP contribution is -2.25. The second-order valence-electron chi connectivity index (χ2n) is 5.19. The summed E-state index contributed by atoms with van der Waals surface area (Å²) >= 11 is 0. The predicted molar refractivity (Wildman–Crippen MR) is 66.6 cm³/mol. The molecule has 2 rings (SSSR count). The van der Waals surface area contributed by atoms with Crippen molar-refractivity contribution in [2.75, 3.05) is 5.73 Å². The zero-order valence-corrected chi connectivity index (χ0v) is 10.5. The smallest absolute Gasteiger partial charge is 0.127 e. The molecule has 1 aromatic carbocycles. The molecule has 88 valence electrons. The van der Waals surface area contributed by atoms with E-state index in [1.54, 1.807) is 0 Å². The van der Waals surface area contributed by atoms with Crippen molar-refractivity contribution >= 4 is 5.69 Å². The number of nitrogen functional groups attached to an aromatic ring is 1. The van der Waals surface area contributed by atoms with Crippen LogP contribution >= 0.6 is 0 Å². The highest BCUT2D eigenvalue weighted by atomic mass is 16.5. The molecule has 1 aromatic rings. The maximum atomic E-state index is 6.12.